The van der Waals surface area contributed by atoms with Crippen LogP contribution < -0.4 is 10.1 Å². The van der Waals surface area contributed by atoms with Gasteiger partial charge in [-0.15, -0.1) is 0 Å². The molecule has 1 atom stereocenters. The first-order chi connectivity index (χ1) is 19.8. The van der Waals surface area contributed by atoms with Crippen molar-refractivity contribution >= 4 is 11.9 Å². The largest absolute Gasteiger partial charge is 0.496 e. The van der Waals surface area contributed by atoms with Crippen LogP contribution in [-0.4, -0.2) is 32.3 Å². The molecule has 0 saturated heterocycles. The van der Waals surface area contributed by atoms with Crippen molar-refractivity contribution in [1.82, 2.24) is 5.32 Å². The quantitative estimate of drug-likeness (QED) is 0.133. The highest BCUT2D eigenvalue weighted by molar-refractivity contribution is 6.00. The van der Waals surface area contributed by atoms with E-state index < -0.39 is 17.9 Å². The van der Waals surface area contributed by atoms with Gasteiger partial charge in [-0.25, -0.2) is 9.59 Å². The molecule has 1 aromatic rings. The van der Waals surface area contributed by atoms with Crippen LogP contribution in [0.1, 0.15) is 135 Å². The van der Waals surface area contributed by atoms with Crippen LogP contribution in [0.2, 0.25) is 0 Å². The monoisotopic (exact) mass is 569 g/mol. The second-order valence-corrected chi connectivity index (χ2v) is 11.6. The summed E-state index contributed by atoms with van der Waals surface area (Å²) in [5, 5.41) is 3.22. The summed E-state index contributed by atoms with van der Waals surface area (Å²) in [6, 6.07) is 5.97. The molecule has 0 radical (unpaired) electrons. The summed E-state index contributed by atoms with van der Waals surface area (Å²) in [4.78, 5) is 26.5. The van der Waals surface area contributed by atoms with Gasteiger partial charge in [0.25, 0.3) is 0 Å². The van der Waals surface area contributed by atoms with E-state index in [-0.39, 0.29) is 6.10 Å². The van der Waals surface area contributed by atoms with E-state index >= 15 is 0 Å². The van der Waals surface area contributed by atoms with Gasteiger partial charge in [-0.3, -0.25) is 0 Å². The molecule has 0 saturated carbocycles. The maximum atomic E-state index is 13.4. The van der Waals surface area contributed by atoms with Gasteiger partial charge >= 0.3 is 11.9 Å². The Balaban J connectivity index is 2.14. The summed E-state index contributed by atoms with van der Waals surface area (Å²) in [5.74, 6) is -0.911. The molecule has 0 bridgehead atoms. The van der Waals surface area contributed by atoms with Gasteiger partial charge in [0.15, 0.2) is 0 Å². The first-order valence-corrected chi connectivity index (χ1v) is 15.9. The maximum Gasteiger partial charge on any atom is 0.337 e. The predicted molar refractivity (Wildman–Crippen MR) is 167 cm³/mol. The van der Waals surface area contributed by atoms with Crippen LogP contribution in [0, 0.1) is 0 Å². The molecule has 0 amide bonds. The third kappa shape index (κ3) is 10.5. The van der Waals surface area contributed by atoms with Crippen LogP contribution in [0.4, 0.5) is 0 Å². The first kappa shape index (κ1) is 34.4. The van der Waals surface area contributed by atoms with E-state index in [1.54, 1.807) is 7.11 Å². The number of ether oxygens (including phenoxy) is 3. The zero-order chi connectivity index (χ0) is 30.2. The van der Waals surface area contributed by atoms with Crippen molar-refractivity contribution in [3.63, 3.8) is 0 Å². The molecule has 41 heavy (non-hydrogen) atoms. The third-order valence-corrected chi connectivity index (χ3v) is 7.94. The number of benzene rings is 1. The number of aryl methyl sites for hydroxylation is 1. The first-order valence-electron chi connectivity index (χ1n) is 15.9. The van der Waals surface area contributed by atoms with Crippen LogP contribution in [0.5, 0.6) is 5.75 Å². The van der Waals surface area contributed by atoms with Crippen LogP contribution >= 0.6 is 0 Å². The van der Waals surface area contributed by atoms with Crippen LogP contribution in [0.25, 0.3) is 0 Å². The summed E-state index contributed by atoms with van der Waals surface area (Å²) in [5.41, 5.74) is 4.08. The Hall–Kier alpha value is -2.76. The highest BCUT2D eigenvalue weighted by Gasteiger charge is 2.40. The lowest BCUT2D eigenvalue weighted by Gasteiger charge is -2.32. The van der Waals surface area contributed by atoms with E-state index in [9.17, 15) is 9.59 Å². The highest BCUT2D eigenvalue weighted by atomic mass is 16.5. The SMILES string of the molecule is CCCCCCCCCCCCCCCc1cccc(OC)c1C1C(C(=O)OC)=C(C)NC(C)=C1C(=O)OC(C)C. The topological polar surface area (TPSA) is 73.9 Å². The molecule has 6 heteroatoms. The van der Waals surface area contributed by atoms with E-state index in [1.807, 2.05) is 39.8 Å². The predicted octanol–water partition coefficient (Wildman–Crippen LogP) is 8.69. The Morgan fingerprint density at radius 2 is 1.29 bits per heavy atom. The molecule has 1 aromatic carbocycles. The minimum absolute atomic E-state index is 0.292. The molecule has 0 aliphatic carbocycles. The minimum atomic E-state index is -0.650. The van der Waals surface area contributed by atoms with Gasteiger partial charge in [0, 0.05) is 17.0 Å². The fourth-order valence-electron chi connectivity index (χ4n) is 5.86. The van der Waals surface area contributed by atoms with Crippen molar-refractivity contribution in [2.45, 2.75) is 137 Å². The zero-order valence-corrected chi connectivity index (χ0v) is 26.8. The summed E-state index contributed by atoms with van der Waals surface area (Å²) in [6.07, 6.45) is 17.5. The second-order valence-electron chi connectivity index (χ2n) is 11.6. The molecule has 1 unspecified atom stereocenters. The summed E-state index contributed by atoms with van der Waals surface area (Å²) in [7, 11) is 3.00. The lowest BCUT2D eigenvalue weighted by Crippen LogP contribution is -2.33. The Kier molecular flexibility index (Phi) is 15.6. The average Bonchev–Trinajstić information content (AvgIpc) is 2.94. The number of esters is 2. The van der Waals surface area contributed by atoms with Crippen molar-refractivity contribution in [1.29, 1.82) is 0 Å². The summed E-state index contributed by atoms with van der Waals surface area (Å²) < 4.78 is 16.7. The van der Waals surface area contributed by atoms with Gasteiger partial charge in [0.05, 0.1) is 37.4 Å². The zero-order valence-electron chi connectivity index (χ0n) is 26.8. The number of carbonyl (C=O) groups is 2. The molecule has 1 heterocycles. The van der Waals surface area contributed by atoms with Crippen LogP contribution in [0.15, 0.2) is 40.7 Å². The standard InChI is InChI=1S/C35H55NO5/c1-8-9-10-11-12-13-14-15-16-17-18-19-20-22-28-23-21-24-29(39-6)32(28)33-30(34(37)40-7)26(4)36-27(5)31(33)35(38)41-25(2)3/h21,23-25,33,36H,8-20,22H2,1-7H3. The molecule has 1 N–H and O–H groups in total. The Morgan fingerprint density at radius 3 is 1.78 bits per heavy atom. The third-order valence-electron chi connectivity index (χ3n) is 7.94. The van der Waals surface area contributed by atoms with E-state index in [4.69, 9.17) is 14.2 Å². The van der Waals surface area contributed by atoms with E-state index in [2.05, 4.69) is 18.3 Å². The molecule has 0 aromatic heterocycles. The number of nitrogens with one attached hydrogen (secondary N) is 1. The van der Waals surface area contributed by atoms with E-state index in [1.165, 1.54) is 77.7 Å². The summed E-state index contributed by atoms with van der Waals surface area (Å²) in [6.45, 7) is 9.61. The number of allylic oxidation sites excluding steroid dienone is 2. The molecule has 0 spiro atoms. The highest BCUT2D eigenvalue weighted by Crippen LogP contribution is 2.44. The second kappa shape index (κ2) is 18.6. The van der Waals surface area contributed by atoms with Gasteiger partial charge in [-0.05, 0) is 52.2 Å². The van der Waals surface area contributed by atoms with Crippen LogP contribution in [0.3, 0.4) is 0 Å². The van der Waals surface area contributed by atoms with Gasteiger partial charge < -0.3 is 19.5 Å². The molecular weight excluding hydrogens is 514 g/mol. The van der Waals surface area contributed by atoms with Gasteiger partial charge in [-0.2, -0.15) is 0 Å². The fraction of sp³-hybridized carbons (Fsp3) is 0.657. The number of dihydropyridines is 1. The lowest BCUT2D eigenvalue weighted by atomic mass is 9.77. The fourth-order valence-corrected chi connectivity index (χ4v) is 5.86. The Labute approximate surface area is 249 Å². The molecule has 6 nitrogen and oxygen atoms in total. The molecule has 1 aliphatic rings. The number of hydrogen-bond donors (Lipinski definition) is 1. The maximum absolute atomic E-state index is 13.4. The Bertz CT molecular complexity index is 1040. The average molecular weight is 570 g/mol. The number of rotatable bonds is 19. The smallest absolute Gasteiger partial charge is 0.337 e. The Morgan fingerprint density at radius 1 is 0.780 bits per heavy atom. The number of methoxy groups -OCH3 is 2. The molecule has 230 valence electrons. The summed E-state index contributed by atoms with van der Waals surface area (Å²) >= 11 is 0. The van der Waals surface area contributed by atoms with Crippen molar-refractivity contribution < 1.29 is 23.8 Å². The van der Waals surface area contributed by atoms with Crippen molar-refractivity contribution in [2.75, 3.05) is 14.2 Å². The lowest BCUT2D eigenvalue weighted by molar-refractivity contribution is -0.143. The van der Waals surface area contributed by atoms with Crippen LogP contribution in [-0.2, 0) is 25.5 Å². The molecule has 2 rings (SSSR count). The molecule has 1 aliphatic heterocycles. The van der Waals surface area contributed by atoms with Gasteiger partial charge in [0.1, 0.15) is 5.75 Å². The van der Waals surface area contributed by atoms with E-state index in [0.29, 0.717) is 28.3 Å². The minimum Gasteiger partial charge on any atom is -0.496 e. The molecule has 0 fully saturated rings. The number of unbranched alkanes of at least 4 members (excludes halogenated alkanes) is 12. The number of hydrogen-bond acceptors (Lipinski definition) is 6. The normalized spacial score (nSPS) is 15.3. The van der Waals surface area contributed by atoms with Gasteiger partial charge in [-0.1, -0.05) is 96.1 Å². The number of carbonyl (C=O) groups excluding carboxylic acids is 2. The van der Waals surface area contributed by atoms with E-state index in [0.717, 1.165) is 30.4 Å². The van der Waals surface area contributed by atoms with Crippen molar-refractivity contribution in [3.05, 3.63) is 51.9 Å². The molecular formula is C35H55NO5. The van der Waals surface area contributed by atoms with Crippen molar-refractivity contribution in [3.8, 4) is 5.75 Å². The van der Waals surface area contributed by atoms with Crippen molar-refractivity contribution in [2.24, 2.45) is 0 Å². The van der Waals surface area contributed by atoms with Gasteiger partial charge in [0.2, 0.25) is 0 Å².